The molecule has 0 saturated carbocycles. The van der Waals surface area contributed by atoms with E-state index in [9.17, 15) is 9.18 Å². The third-order valence-corrected chi connectivity index (χ3v) is 4.74. The fourth-order valence-corrected chi connectivity index (χ4v) is 3.06. The first-order valence-electron chi connectivity index (χ1n) is 10.4. The normalized spacial score (nSPS) is 11.1. The number of aromatic nitrogens is 5. The number of rotatable bonds is 9. The van der Waals surface area contributed by atoms with Crippen LogP contribution < -0.4 is 15.9 Å². The van der Waals surface area contributed by atoms with Crippen molar-refractivity contribution in [3.8, 4) is 11.6 Å². The van der Waals surface area contributed by atoms with Gasteiger partial charge in [-0.2, -0.15) is 9.78 Å². The zero-order chi connectivity index (χ0) is 23.9. The number of nitrogens with zero attached hydrogens (tertiary/aromatic N) is 6. The van der Waals surface area contributed by atoms with Crippen LogP contribution in [0.15, 0.2) is 58.3 Å². The summed E-state index contributed by atoms with van der Waals surface area (Å²) in [7, 11) is 0. The van der Waals surface area contributed by atoms with Gasteiger partial charge in [0.2, 0.25) is 11.6 Å². The van der Waals surface area contributed by atoms with Crippen LogP contribution in [0, 0.1) is 5.82 Å². The highest BCUT2D eigenvalue weighted by Gasteiger charge is 2.23. The summed E-state index contributed by atoms with van der Waals surface area (Å²) in [6, 6.07) is 13.2. The van der Waals surface area contributed by atoms with Gasteiger partial charge in [-0.1, -0.05) is 30.7 Å². The van der Waals surface area contributed by atoms with Crippen molar-refractivity contribution in [2.45, 2.75) is 26.4 Å². The minimum atomic E-state index is -0.528. The maximum Gasteiger partial charge on any atom is 0.293 e. The molecule has 0 spiro atoms. The Labute approximate surface area is 193 Å². The number of hydrazone groups is 1. The van der Waals surface area contributed by atoms with E-state index >= 15 is 0 Å². The van der Waals surface area contributed by atoms with E-state index < -0.39 is 5.91 Å². The molecule has 11 nitrogen and oxygen atoms in total. The smallest absolute Gasteiger partial charge is 0.293 e. The van der Waals surface area contributed by atoms with Gasteiger partial charge in [0.05, 0.1) is 11.9 Å². The average molecular weight is 464 g/mol. The lowest BCUT2D eigenvalue weighted by molar-refractivity contribution is 0.0949. The summed E-state index contributed by atoms with van der Waals surface area (Å²) in [5.41, 5.74) is 10.4. The van der Waals surface area contributed by atoms with E-state index in [1.165, 1.54) is 23.0 Å². The second-order valence-electron chi connectivity index (χ2n) is 7.20. The van der Waals surface area contributed by atoms with Crippen molar-refractivity contribution in [2.75, 3.05) is 5.73 Å². The van der Waals surface area contributed by atoms with E-state index in [1.54, 1.807) is 36.4 Å². The standard InChI is InChI=1S/C22H21FN8O3/c1-2-3-18-19(26-30-31(18)21-20(24)28-34-29-21)22(32)27-25-12-14-6-10-17(11-7-14)33-13-15-4-8-16(23)9-5-15/h4-12H,2-3,13H2,1H3,(H2,24,28)(H,27,32)/b25-12-. The summed E-state index contributed by atoms with van der Waals surface area (Å²) in [4.78, 5) is 12.6. The van der Waals surface area contributed by atoms with Crippen LogP contribution in [0.5, 0.6) is 5.75 Å². The maximum atomic E-state index is 13.0. The number of carbonyl (C=O) groups excluding carboxylic acids is 1. The van der Waals surface area contributed by atoms with Crippen molar-refractivity contribution in [2.24, 2.45) is 5.10 Å². The van der Waals surface area contributed by atoms with Crippen LogP contribution in [-0.2, 0) is 13.0 Å². The molecule has 0 unspecified atom stereocenters. The molecule has 3 N–H and O–H groups in total. The van der Waals surface area contributed by atoms with Crippen molar-refractivity contribution in [3.63, 3.8) is 0 Å². The summed E-state index contributed by atoms with van der Waals surface area (Å²) in [5.74, 6) is 0.0355. The molecule has 0 fully saturated rings. The van der Waals surface area contributed by atoms with Gasteiger partial charge in [-0.05, 0) is 64.3 Å². The molecule has 1 amide bonds. The van der Waals surface area contributed by atoms with Crippen molar-refractivity contribution < 1.29 is 18.6 Å². The van der Waals surface area contributed by atoms with Gasteiger partial charge < -0.3 is 10.5 Å². The molecule has 4 aromatic rings. The molecule has 4 rings (SSSR count). The van der Waals surface area contributed by atoms with Crippen molar-refractivity contribution in [1.82, 2.24) is 30.7 Å². The highest BCUT2D eigenvalue weighted by molar-refractivity contribution is 5.94. The van der Waals surface area contributed by atoms with Gasteiger partial charge in [-0.15, -0.1) is 5.10 Å². The summed E-state index contributed by atoms with van der Waals surface area (Å²) in [5, 5.41) is 19.1. The second kappa shape index (κ2) is 10.3. The molecule has 12 heteroatoms. The molecule has 0 atom stereocenters. The van der Waals surface area contributed by atoms with E-state index in [2.05, 4.69) is 35.8 Å². The summed E-state index contributed by atoms with van der Waals surface area (Å²) >= 11 is 0. The predicted molar refractivity (Wildman–Crippen MR) is 120 cm³/mol. The molecule has 0 aliphatic carbocycles. The molecular formula is C22H21FN8O3. The Balaban J connectivity index is 1.37. The highest BCUT2D eigenvalue weighted by Crippen LogP contribution is 2.17. The number of nitrogen functional groups attached to an aromatic ring is 1. The van der Waals surface area contributed by atoms with E-state index in [0.717, 1.165) is 17.5 Å². The molecule has 2 heterocycles. The van der Waals surface area contributed by atoms with Gasteiger partial charge in [-0.25, -0.2) is 14.4 Å². The Kier molecular flexibility index (Phi) is 6.87. The first kappa shape index (κ1) is 22.6. The number of ether oxygens (including phenoxy) is 1. The SMILES string of the molecule is CCCc1c(C(=O)N/N=C\c2ccc(OCc3ccc(F)cc3)cc2)nnn1-c1nonc1N. The van der Waals surface area contributed by atoms with Crippen molar-refractivity contribution >= 4 is 17.9 Å². The summed E-state index contributed by atoms with van der Waals surface area (Å²) < 4.78 is 24.6. The number of hydrogen-bond donors (Lipinski definition) is 2. The number of benzene rings is 2. The Morgan fingerprint density at radius 2 is 1.97 bits per heavy atom. The first-order chi connectivity index (χ1) is 16.5. The molecule has 2 aromatic carbocycles. The number of halogens is 1. The fourth-order valence-electron chi connectivity index (χ4n) is 3.06. The molecule has 0 aliphatic heterocycles. The minimum Gasteiger partial charge on any atom is -0.489 e. The topological polar surface area (TPSA) is 146 Å². The molecular weight excluding hydrogens is 443 g/mol. The molecule has 34 heavy (non-hydrogen) atoms. The molecule has 0 bridgehead atoms. The zero-order valence-electron chi connectivity index (χ0n) is 18.2. The van der Waals surface area contributed by atoms with E-state index in [1.807, 2.05) is 6.92 Å². The number of carbonyl (C=O) groups is 1. The zero-order valence-corrected chi connectivity index (χ0v) is 18.2. The van der Waals surface area contributed by atoms with Crippen LogP contribution >= 0.6 is 0 Å². The lowest BCUT2D eigenvalue weighted by atomic mass is 10.2. The number of anilines is 1. The third kappa shape index (κ3) is 5.23. The number of hydrogen-bond acceptors (Lipinski definition) is 9. The minimum absolute atomic E-state index is 0.0392. The Bertz CT molecular complexity index is 1280. The van der Waals surface area contributed by atoms with Gasteiger partial charge in [0, 0.05) is 0 Å². The maximum absolute atomic E-state index is 13.0. The van der Waals surface area contributed by atoms with Crippen molar-refractivity contribution in [3.05, 3.63) is 76.9 Å². The first-order valence-corrected chi connectivity index (χ1v) is 10.4. The number of amides is 1. The van der Waals surface area contributed by atoms with Crippen molar-refractivity contribution in [1.29, 1.82) is 0 Å². The molecule has 2 aromatic heterocycles. The second-order valence-corrected chi connectivity index (χ2v) is 7.20. The quantitative estimate of drug-likeness (QED) is 0.284. The molecule has 0 aliphatic rings. The summed E-state index contributed by atoms with van der Waals surface area (Å²) in [6.07, 6.45) is 2.73. The third-order valence-electron chi connectivity index (χ3n) is 4.74. The Hall–Kier alpha value is -4.61. The van der Waals surface area contributed by atoms with Gasteiger partial charge in [0.15, 0.2) is 5.69 Å². The van der Waals surface area contributed by atoms with E-state index in [4.69, 9.17) is 10.5 Å². The summed E-state index contributed by atoms with van der Waals surface area (Å²) in [6.45, 7) is 2.27. The fraction of sp³-hybridized carbons (Fsp3) is 0.182. The largest absolute Gasteiger partial charge is 0.489 e. The van der Waals surface area contributed by atoms with Crippen LogP contribution in [0.1, 0.15) is 40.7 Å². The van der Waals surface area contributed by atoms with Crippen LogP contribution in [0.3, 0.4) is 0 Å². The number of nitrogens with two attached hydrogens (primary N) is 1. The van der Waals surface area contributed by atoms with Gasteiger partial charge >= 0.3 is 0 Å². The van der Waals surface area contributed by atoms with Crippen LogP contribution in [0.2, 0.25) is 0 Å². The highest BCUT2D eigenvalue weighted by atomic mass is 19.1. The number of nitrogens with one attached hydrogen (secondary N) is 1. The van der Waals surface area contributed by atoms with Crippen LogP contribution in [0.4, 0.5) is 10.2 Å². The van der Waals surface area contributed by atoms with Gasteiger partial charge in [0.25, 0.3) is 5.91 Å². The predicted octanol–water partition coefficient (Wildman–Crippen LogP) is 2.67. The molecule has 0 radical (unpaired) electrons. The monoisotopic (exact) mass is 464 g/mol. The lowest BCUT2D eigenvalue weighted by Crippen LogP contribution is -2.20. The van der Waals surface area contributed by atoms with Gasteiger partial charge in [-0.3, -0.25) is 4.79 Å². The molecule has 174 valence electrons. The Morgan fingerprint density at radius 1 is 1.21 bits per heavy atom. The van der Waals surface area contributed by atoms with E-state index in [0.29, 0.717) is 24.5 Å². The Morgan fingerprint density at radius 3 is 2.65 bits per heavy atom. The van der Waals surface area contributed by atoms with E-state index in [-0.39, 0.29) is 23.1 Å². The van der Waals surface area contributed by atoms with Gasteiger partial charge in [0.1, 0.15) is 18.2 Å². The molecule has 0 saturated heterocycles. The lowest BCUT2D eigenvalue weighted by Gasteiger charge is -2.06. The van der Waals surface area contributed by atoms with Crippen LogP contribution in [0.25, 0.3) is 5.82 Å². The van der Waals surface area contributed by atoms with Crippen LogP contribution in [-0.4, -0.2) is 37.4 Å². The average Bonchev–Trinajstić information content (AvgIpc) is 3.45.